The van der Waals surface area contributed by atoms with Gasteiger partial charge in [-0.1, -0.05) is 25.5 Å². The highest BCUT2D eigenvalue weighted by Crippen LogP contribution is 2.21. The maximum Gasteiger partial charge on any atom is 0.243 e. The van der Waals surface area contributed by atoms with Crippen molar-refractivity contribution in [3.05, 3.63) is 29.8 Å². The molecule has 0 spiro atoms. The fraction of sp³-hybridized carbons (Fsp3) is 0.611. The van der Waals surface area contributed by atoms with Crippen LogP contribution in [-0.4, -0.2) is 58.2 Å². The average molecular weight is 417 g/mol. The van der Waals surface area contributed by atoms with Gasteiger partial charge < -0.3 is 5.32 Å². The second-order valence-electron chi connectivity index (χ2n) is 6.70. The second kappa shape index (κ2) is 9.66. The molecule has 1 fully saturated rings. The molecule has 2 rings (SSSR count). The molecule has 0 atom stereocenters. The van der Waals surface area contributed by atoms with Crippen LogP contribution >= 0.6 is 0 Å². The lowest BCUT2D eigenvalue weighted by molar-refractivity contribution is -0.120. The van der Waals surface area contributed by atoms with Crippen LogP contribution in [-0.2, 0) is 31.1 Å². The number of benzene rings is 1. The van der Waals surface area contributed by atoms with E-state index in [-0.39, 0.29) is 35.3 Å². The number of nitrogens with zero attached hydrogens (tertiary/aromatic N) is 1. The SMILES string of the molecule is CCS(=O)(=O)CCNC(=O)CCc1ccc(S(=O)(=O)N2CCCCC2)cc1. The maximum atomic E-state index is 12.6. The molecule has 1 heterocycles. The molecule has 0 unspecified atom stereocenters. The number of amides is 1. The quantitative estimate of drug-likeness (QED) is 0.655. The maximum absolute atomic E-state index is 12.6. The normalized spacial score (nSPS) is 16.2. The van der Waals surface area contributed by atoms with Crippen molar-refractivity contribution < 1.29 is 21.6 Å². The van der Waals surface area contributed by atoms with Gasteiger partial charge in [-0.15, -0.1) is 0 Å². The van der Waals surface area contributed by atoms with E-state index in [0.29, 0.717) is 19.5 Å². The second-order valence-corrected chi connectivity index (χ2v) is 11.1. The third-order valence-corrected chi connectivity index (χ3v) is 8.31. The van der Waals surface area contributed by atoms with Crippen LogP contribution < -0.4 is 5.32 Å². The Kier molecular flexibility index (Phi) is 7.81. The van der Waals surface area contributed by atoms with Gasteiger partial charge in [0, 0.05) is 31.8 Å². The molecule has 1 N–H and O–H groups in total. The monoisotopic (exact) mass is 416 g/mol. The molecular weight excluding hydrogens is 388 g/mol. The number of sulfone groups is 1. The minimum absolute atomic E-state index is 0.0572. The first kappa shape index (κ1) is 21.8. The highest BCUT2D eigenvalue weighted by Gasteiger charge is 2.25. The van der Waals surface area contributed by atoms with E-state index in [2.05, 4.69) is 5.32 Å². The highest BCUT2D eigenvalue weighted by molar-refractivity contribution is 7.91. The van der Waals surface area contributed by atoms with Crippen LogP contribution in [0.25, 0.3) is 0 Å². The molecule has 1 aliphatic heterocycles. The van der Waals surface area contributed by atoms with Crippen molar-refractivity contribution in [1.82, 2.24) is 9.62 Å². The number of nitrogens with one attached hydrogen (secondary N) is 1. The highest BCUT2D eigenvalue weighted by atomic mass is 32.2. The first-order valence-electron chi connectivity index (χ1n) is 9.31. The number of hydrogen-bond donors (Lipinski definition) is 1. The largest absolute Gasteiger partial charge is 0.355 e. The lowest BCUT2D eigenvalue weighted by atomic mass is 10.1. The van der Waals surface area contributed by atoms with Gasteiger partial charge in [-0.25, -0.2) is 16.8 Å². The van der Waals surface area contributed by atoms with E-state index in [1.54, 1.807) is 31.2 Å². The van der Waals surface area contributed by atoms with Crippen LogP contribution in [0.5, 0.6) is 0 Å². The van der Waals surface area contributed by atoms with Gasteiger partial charge in [0.05, 0.1) is 10.6 Å². The summed E-state index contributed by atoms with van der Waals surface area (Å²) in [6.07, 6.45) is 3.55. The fourth-order valence-electron chi connectivity index (χ4n) is 2.92. The summed E-state index contributed by atoms with van der Waals surface area (Å²) in [5, 5.41) is 2.60. The molecule has 9 heteroatoms. The van der Waals surface area contributed by atoms with Crippen LogP contribution in [0.15, 0.2) is 29.2 Å². The molecule has 27 heavy (non-hydrogen) atoms. The molecule has 7 nitrogen and oxygen atoms in total. The van der Waals surface area contributed by atoms with Gasteiger partial charge in [-0.05, 0) is 37.0 Å². The molecule has 1 saturated heterocycles. The molecule has 1 aromatic carbocycles. The Hall–Kier alpha value is -1.45. The third kappa shape index (κ3) is 6.58. The molecular formula is C18H28N2O5S2. The van der Waals surface area contributed by atoms with Crippen LogP contribution in [0.1, 0.15) is 38.2 Å². The number of carbonyl (C=O) groups is 1. The topological polar surface area (TPSA) is 101 Å². The minimum atomic E-state index is -3.44. The van der Waals surface area contributed by atoms with Crippen LogP contribution in [0.4, 0.5) is 0 Å². The number of rotatable bonds is 9. The number of aryl methyl sites for hydroxylation is 1. The lowest BCUT2D eigenvalue weighted by Gasteiger charge is -2.25. The minimum Gasteiger partial charge on any atom is -0.355 e. The summed E-state index contributed by atoms with van der Waals surface area (Å²) < 4.78 is 49.5. The van der Waals surface area contributed by atoms with Crippen molar-refractivity contribution in [3.8, 4) is 0 Å². The molecule has 0 radical (unpaired) electrons. The molecule has 1 aliphatic rings. The first-order valence-corrected chi connectivity index (χ1v) is 12.6. The van der Waals surface area contributed by atoms with Crippen molar-refractivity contribution in [2.24, 2.45) is 0 Å². The van der Waals surface area contributed by atoms with E-state index in [4.69, 9.17) is 0 Å². The van der Waals surface area contributed by atoms with Gasteiger partial charge in [-0.2, -0.15) is 4.31 Å². The van der Waals surface area contributed by atoms with Crippen LogP contribution in [0.3, 0.4) is 0 Å². The third-order valence-electron chi connectivity index (χ3n) is 4.69. The van der Waals surface area contributed by atoms with E-state index in [9.17, 15) is 21.6 Å². The van der Waals surface area contributed by atoms with E-state index in [1.165, 1.54) is 4.31 Å². The Labute approximate surface area is 162 Å². The van der Waals surface area contributed by atoms with Crippen molar-refractivity contribution in [2.75, 3.05) is 31.1 Å². The van der Waals surface area contributed by atoms with Gasteiger partial charge in [0.25, 0.3) is 0 Å². The predicted octanol–water partition coefficient (Wildman–Crippen LogP) is 1.34. The molecule has 1 amide bonds. The summed E-state index contributed by atoms with van der Waals surface area (Å²) in [5.41, 5.74) is 0.865. The van der Waals surface area contributed by atoms with E-state index < -0.39 is 19.9 Å². The van der Waals surface area contributed by atoms with E-state index in [1.807, 2.05) is 0 Å². The lowest BCUT2D eigenvalue weighted by Crippen LogP contribution is -2.35. The number of hydrogen-bond acceptors (Lipinski definition) is 5. The van der Waals surface area contributed by atoms with Crippen LogP contribution in [0.2, 0.25) is 0 Å². The summed E-state index contributed by atoms with van der Waals surface area (Å²) in [7, 11) is -6.53. The Morgan fingerprint density at radius 1 is 1.04 bits per heavy atom. The molecule has 152 valence electrons. The smallest absolute Gasteiger partial charge is 0.243 e. The Morgan fingerprint density at radius 3 is 2.26 bits per heavy atom. The number of carbonyl (C=O) groups excluding carboxylic acids is 1. The molecule has 1 aromatic rings. The van der Waals surface area contributed by atoms with Crippen LogP contribution in [0, 0.1) is 0 Å². The first-order chi connectivity index (χ1) is 12.7. The Balaban J connectivity index is 1.84. The van der Waals surface area contributed by atoms with E-state index in [0.717, 1.165) is 24.8 Å². The summed E-state index contributed by atoms with van der Waals surface area (Å²) in [6, 6.07) is 6.63. The zero-order valence-corrected chi connectivity index (χ0v) is 17.3. The Morgan fingerprint density at radius 2 is 1.67 bits per heavy atom. The van der Waals surface area contributed by atoms with Crippen molar-refractivity contribution in [2.45, 2.75) is 43.9 Å². The average Bonchev–Trinajstić information content (AvgIpc) is 2.67. The summed E-state index contributed by atoms with van der Waals surface area (Å²) >= 11 is 0. The zero-order valence-electron chi connectivity index (χ0n) is 15.7. The fourth-order valence-corrected chi connectivity index (χ4v) is 5.14. The standard InChI is InChI=1S/C18H28N2O5S2/c1-2-26(22,23)15-12-19-18(21)11-8-16-6-9-17(10-7-16)27(24,25)20-13-4-3-5-14-20/h6-7,9-10H,2-5,8,11-15H2,1H3,(H,19,21). The van der Waals surface area contributed by atoms with Crippen molar-refractivity contribution in [1.29, 1.82) is 0 Å². The zero-order chi connectivity index (χ0) is 19.9. The van der Waals surface area contributed by atoms with Crippen molar-refractivity contribution >= 4 is 25.8 Å². The summed E-state index contributed by atoms with van der Waals surface area (Å²) in [5.74, 6) is -0.209. The summed E-state index contributed by atoms with van der Waals surface area (Å²) in [6.45, 7) is 2.82. The van der Waals surface area contributed by atoms with Gasteiger partial charge in [0.15, 0.2) is 9.84 Å². The van der Waals surface area contributed by atoms with Crippen molar-refractivity contribution in [3.63, 3.8) is 0 Å². The number of sulfonamides is 1. The molecule has 0 saturated carbocycles. The van der Waals surface area contributed by atoms with Gasteiger partial charge in [0.1, 0.15) is 0 Å². The van der Waals surface area contributed by atoms with Gasteiger partial charge in [0.2, 0.25) is 15.9 Å². The Bertz CT molecular complexity index is 827. The van der Waals surface area contributed by atoms with Gasteiger partial charge >= 0.3 is 0 Å². The van der Waals surface area contributed by atoms with Gasteiger partial charge in [-0.3, -0.25) is 4.79 Å². The molecule has 0 aliphatic carbocycles. The number of piperidine rings is 1. The predicted molar refractivity (Wildman–Crippen MR) is 105 cm³/mol. The summed E-state index contributed by atoms with van der Waals surface area (Å²) in [4.78, 5) is 12.1. The van der Waals surface area contributed by atoms with E-state index >= 15 is 0 Å². The molecule has 0 aromatic heterocycles. The molecule has 0 bridgehead atoms.